The van der Waals surface area contributed by atoms with Crippen molar-refractivity contribution in [1.29, 1.82) is 0 Å². The second-order valence-electron chi connectivity index (χ2n) is 7.63. The molecule has 164 valence electrons. The molecule has 0 unspecified atom stereocenters. The van der Waals surface area contributed by atoms with E-state index in [-0.39, 0.29) is 17.7 Å². The van der Waals surface area contributed by atoms with Gasteiger partial charge >= 0.3 is 0 Å². The molecule has 0 saturated heterocycles. The van der Waals surface area contributed by atoms with Gasteiger partial charge < -0.3 is 9.88 Å². The van der Waals surface area contributed by atoms with Crippen LogP contribution in [0.3, 0.4) is 0 Å². The van der Waals surface area contributed by atoms with Crippen LogP contribution in [-0.2, 0) is 13.1 Å². The Kier molecular flexibility index (Phi) is 5.18. The average molecular weight is 444 g/mol. The van der Waals surface area contributed by atoms with Crippen LogP contribution < -0.4 is 10.9 Å². The van der Waals surface area contributed by atoms with E-state index in [0.29, 0.717) is 28.7 Å². The van der Waals surface area contributed by atoms with Crippen LogP contribution in [0, 0.1) is 11.6 Å². The van der Waals surface area contributed by atoms with E-state index in [4.69, 9.17) is 0 Å². The summed E-state index contributed by atoms with van der Waals surface area (Å²) >= 11 is 0. The summed E-state index contributed by atoms with van der Waals surface area (Å²) in [7, 11) is 0. The summed E-state index contributed by atoms with van der Waals surface area (Å²) in [6, 6.07) is 19.4. The standard InChI is InChI=1S/C25H18F2N4O2/c26-19-8-6-18(20(27)13-19)14-28-24(32)17-7-9-21-23(12-17)30(15-16-4-2-1-3-5-16)25(33)22-10-11-29-31(21)22/h1-13H,14-15H2,(H,28,32). The minimum Gasteiger partial charge on any atom is -0.348 e. The first-order valence-electron chi connectivity index (χ1n) is 10.3. The van der Waals surface area contributed by atoms with Gasteiger partial charge in [0.1, 0.15) is 17.2 Å². The second-order valence-corrected chi connectivity index (χ2v) is 7.63. The summed E-state index contributed by atoms with van der Waals surface area (Å²) in [5.41, 5.74) is 2.83. The number of carbonyl (C=O) groups is 1. The number of aromatic nitrogens is 3. The fourth-order valence-corrected chi connectivity index (χ4v) is 3.83. The third-order valence-electron chi connectivity index (χ3n) is 5.50. The Labute approximate surface area is 186 Å². The minimum absolute atomic E-state index is 0.0992. The van der Waals surface area contributed by atoms with Gasteiger partial charge in [-0.15, -0.1) is 0 Å². The molecule has 8 heteroatoms. The van der Waals surface area contributed by atoms with Gasteiger partial charge in [-0.05, 0) is 35.9 Å². The van der Waals surface area contributed by atoms with Crippen LogP contribution in [0.1, 0.15) is 21.5 Å². The van der Waals surface area contributed by atoms with E-state index in [1.807, 2.05) is 30.3 Å². The van der Waals surface area contributed by atoms with Gasteiger partial charge in [-0.3, -0.25) is 9.59 Å². The topological polar surface area (TPSA) is 68.4 Å². The zero-order valence-corrected chi connectivity index (χ0v) is 17.3. The summed E-state index contributed by atoms with van der Waals surface area (Å²) in [5, 5.41) is 6.90. The molecule has 2 heterocycles. The lowest BCUT2D eigenvalue weighted by molar-refractivity contribution is 0.0950. The lowest BCUT2D eigenvalue weighted by atomic mass is 10.1. The van der Waals surface area contributed by atoms with Crippen molar-refractivity contribution in [2.45, 2.75) is 13.1 Å². The van der Waals surface area contributed by atoms with Crippen LogP contribution in [-0.4, -0.2) is 20.1 Å². The molecule has 0 fully saturated rings. The Morgan fingerprint density at radius 1 is 0.909 bits per heavy atom. The van der Waals surface area contributed by atoms with Crippen molar-refractivity contribution in [2.75, 3.05) is 0 Å². The number of rotatable bonds is 5. The predicted molar refractivity (Wildman–Crippen MR) is 120 cm³/mol. The molecule has 33 heavy (non-hydrogen) atoms. The number of amides is 1. The van der Waals surface area contributed by atoms with Gasteiger partial charge in [0.2, 0.25) is 0 Å². The maximum Gasteiger partial charge on any atom is 0.277 e. The maximum absolute atomic E-state index is 13.9. The number of hydrogen-bond donors (Lipinski definition) is 1. The van der Waals surface area contributed by atoms with Gasteiger partial charge in [-0.2, -0.15) is 5.10 Å². The smallest absolute Gasteiger partial charge is 0.277 e. The van der Waals surface area contributed by atoms with Crippen molar-refractivity contribution in [3.8, 4) is 0 Å². The summed E-state index contributed by atoms with van der Waals surface area (Å²) in [6.45, 7) is 0.224. The Hall–Kier alpha value is -4.33. The highest BCUT2D eigenvalue weighted by atomic mass is 19.1. The molecule has 1 N–H and O–H groups in total. The molecule has 0 radical (unpaired) electrons. The Morgan fingerprint density at radius 3 is 2.52 bits per heavy atom. The molecule has 5 aromatic rings. The van der Waals surface area contributed by atoms with Crippen LogP contribution in [0.25, 0.3) is 16.6 Å². The van der Waals surface area contributed by atoms with E-state index in [0.717, 1.165) is 17.7 Å². The summed E-state index contributed by atoms with van der Waals surface area (Å²) in [6.07, 6.45) is 1.56. The van der Waals surface area contributed by atoms with Crippen LogP contribution >= 0.6 is 0 Å². The average Bonchev–Trinajstić information content (AvgIpc) is 3.32. The third-order valence-corrected chi connectivity index (χ3v) is 5.50. The Bertz CT molecular complexity index is 1560. The lowest BCUT2D eigenvalue weighted by Crippen LogP contribution is -2.26. The highest BCUT2D eigenvalue weighted by Gasteiger charge is 2.15. The monoisotopic (exact) mass is 444 g/mol. The van der Waals surface area contributed by atoms with Gasteiger partial charge in [0.05, 0.1) is 23.8 Å². The normalized spacial score (nSPS) is 11.2. The molecule has 0 atom stereocenters. The molecule has 0 saturated carbocycles. The van der Waals surface area contributed by atoms with E-state index in [1.54, 1.807) is 39.5 Å². The zero-order chi connectivity index (χ0) is 22.9. The van der Waals surface area contributed by atoms with Crippen molar-refractivity contribution in [3.63, 3.8) is 0 Å². The van der Waals surface area contributed by atoms with E-state index >= 15 is 0 Å². The molecule has 0 aliphatic heterocycles. The first-order valence-corrected chi connectivity index (χ1v) is 10.3. The molecular weight excluding hydrogens is 426 g/mol. The number of nitrogens with one attached hydrogen (secondary N) is 1. The van der Waals surface area contributed by atoms with E-state index < -0.39 is 17.5 Å². The number of carbonyl (C=O) groups excluding carboxylic acids is 1. The SMILES string of the molecule is O=C(NCc1ccc(F)cc1F)c1ccc2c(c1)n(Cc1ccccc1)c(=O)c1ccnn12. The van der Waals surface area contributed by atoms with Crippen LogP contribution in [0.4, 0.5) is 8.78 Å². The molecule has 2 aromatic heterocycles. The molecule has 5 rings (SSSR count). The quantitative estimate of drug-likeness (QED) is 0.447. The third kappa shape index (κ3) is 3.87. The molecule has 1 amide bonds. The van der Waals surface area contributed by atoms with Crippen LogP contribution in [0.2, 0.25) is 0 Å². The second kappa shape index (κ2) is 8.31. The van der Waals surface area contributed by atoms with E-state index in [9.17, 15) is 18.4 Å². The number of nitrogens with zero attached hydrogens (tertiary/aromatic N) is 3. The van der Waals surface area contributed by atoms with Gasteiger partial charge in [0.25, 0.3) is 11.5 Å². The summed E-state index contributed by atoms with van der Waals surface area (Å²) in [4.78, 5) is 26.0. The predicted octanol–water partition coefficient (Wildman–Crippen LogP) is 3.91. The molecule has 0 aliphatic rings. The molecule has 3 aromatic carbocycles. The largest absolute Gasteiger partial charge is 0.348 e. The minimum atomic E-state index is -0.730. The Balaban J connectivity index is 1.54. The van der Waals surface area contributed by atoms with E-state index in [1.165, 1.54) is 6.07 Å². The highest BCUT2D eigenvalue weighted by molar-refractivity contribution is 5.97. The van der Waals surface area contributed by atoms with Crippen molar-refractivity contribution in [3.05, 3.63) is 118 Å². The first kappa shape index (κ1) is 20.6. The van der Waals surface area contributed by atoms with Gasteiger partial charge in [0, 0.05) is 23.7 Å². The van der Waals surface area contributed by atoms with Crippen molar-refractivity contribution in [2.24, 2.45) is 0 Å². The maximum atomic E-state index is 13.9. The molecule has 0 aliphatic carbocycles. The van der Waals surface area contributed by atoms with Crippen molar-refractivity contribution in [1.82, 2.24) is 19.5 Å². The Morgan fingerprint density at radius 2 is 1.73 bits per heavy atom. The van der Waals surface area contributed by atoms with Gasteiger partial charge in [-0.1, -0.05) is 36.4 Å². The van der Waals surface area contributed by atoms with E-state index in [2.05, 4.69) is 10.4 Å². The van der Waals surface area contributed by atoms with Gasteiger partial charge in [-0.25, -0.2) is 13.3 Å². The molecule has 0 spiro atoms. The molecular formula is C25H18F2N4O2. The van der Waals surface area contributed by atoms with Gasteiger partial charge in [0.15, 0.2) is 0 Å². The summed E-state index contributed by atoms with van der Waals surface area (Å²) in [5.74, 6) is -1.86. The number of hydrogen-bond acceptors (Lipinski definition) is 3. The lowest BCUT2D eigenvalue weighted by Gasteiger charge is -2.14. The fraction of sp³-hybridized carbons (Fsp3) is 0.0800. The first-order chi connectivity index (χ1) is 16.0. The molecule has 6 nitrogen and oxygen atoms in total. The van der Waals surface area contributed by atoms with Crippen molar-refractivity contribution < 1.29 is 13.6 Å². The highest BCUT2D eigenvalue weighted by Crippen LogP contribution is 2.18. The van der Waals surface area contributed by atoms with Crippen LogP contribution in [0.15, 0.2) is 83.8 Å². The van der Waals surface area contributed by atoms with Crippen molar-refractivity contribution >= 4 is 22.5 Å². The summed E-state index contributed by atoms with van der Waals surface area (Å²) < 4.78 is 30.2. The number of halogens is 2. The molecule has 0 bridgehead atoms. The number of fused-ring (bicyclic) bond motifs is 3. The zero-order valence-electron chi connectivity index (χ0n) is 17.3. The van der Waals surface area contributed by atoms with Crippen LogP contribution in [0.5, 0.6) is 0 Å². The number of benzene rings is 3. The fourth-order valence-electron chi connectivity index (χ4n) is 3.83.